The van der Waals surface area contributed by atoms with Crippen molar-refractivity contribution in [2.45, 2.75) is 25.5 Å². The van der Waals surface area contributed by atoms with Crippen LogP contribution in [-0.4, -0.2) is 17.0 Å². The van der Waals surface area contributed by atoms with E-state index < -0.39 is 0 Å². The first-order chi connectivity index (χ1) is 8.54. The minimum atomic E-state index is 0.559. The van der Waals surface area contributed by atoms with Crippen LogP contribution in [0.3, 0.4) is 0 Å². The molecule has 0 spiro atoms. The van der Waals surface area contributed by atoms with Crippen LogP contribution < -0.4 is 5.32 Å². The summed E-state index contributed by atoms with van der Waals surface area (Å²) in [7, 11) is 0. The molecule has 1 aromatic rings. The van der Waals surface area contributed by atoms with Gasteiger partial charge in [-0.15, -0.1) is 0 Å². The van der Waals surface area contributed by atoms with Gasteiger partial charge in [0.2, 0.25) is 0 Å². The Morgan fingerprint density at radius 3 is 2.83 bits per heavy atom. The first-order valence-electron chi connectivity index (χ1n) is 5.98. The first kappa shape index (κ1) is 14.0. The maximum atomic E-state index is 5.98. The molecule has 2 nitrogen and oxygen atoms in total. The van der Waals surface area contributed by atoms with Crippen LogP contribution in [0, 0.1) is 5.92 Å². The third-order valence-electron chi connectivity index (χ3n) is 2.62. The van der Waals surface area contributed by atoms with Gasteiger partial charge in [0, 0.05) is 10.9 Å². The zero-order chi connectivity index (χ0) is 13.1. The van der Waals surface area contributed by atoms with Gasteiger partial charge in [-0.1, -0.05) is 48.8 Å². The number of benzene rings is 1. The van der Waals surface area contributed by atoms with E-state index in [4.69, 9.17) is 23.2 Å². The number of rotatable bonds is 3. The summed E-state index contributed by atoms with van der Waals surface area (Å²) in [6.07, 6.45) is 1.20. The molecule has 1 atom stereocenters. The summed E-state index contributed by atoms with van der Waals surface area (Å²) in [5.74, 6) is 0.710. The highest BCUT2D eigenvalue weighted by Gasteiger charge is 2.20. The first-order valence-corrected chi connectivity index (χ1v) is 7.61. The van der Waals surface area contributed by atoms with Crippen LogP contribution >= 0.6 is 35.0 Å². The molecule has 0 aromatic heterocycles. The minimum absolute atomic E-state index is 0.559. The smallest absolute Gasteiger partial charge is 0.161 e. The summed E-state index contributed by atoms with van der Waals surface area (Å²) in [5, 5.41) is 5.98. The van der Waals surface area contributed by atoms with E-state index in [2.05, 4.69) is 24.2 Å². The van der Waals surface area contributed by atoms with Crippen LogP contribution in [0.25, 0.3) is 0 Å². The van der Waals surface area contributed by atoms with Gasteiger partial charge in [0.15, 0.2) is 5.17 Å². The van der Waals surface area contributed by atoms with E-state index in [1.165, 1.54) is 6.42 Å². The molecule has 0 saturated heterocycles. The highest BCUT2D eigenvalue weighted by molar-refractivity contribution is 8.15. The Morgan fingerprint density at radius 1 is 1.39 bits per heavy atom. The molecule has 0 radical (unpaired) electrons. The highest BCUT2D eigenvalue weighted by atomic mass is 35.5. The number of aliphatic imine (C=N–C) groups is 1. The molecular formula is C13H16Cl2N2S. The van der Waals surface area contributed by atoms with Crippen LogP contribution in [0.15, 0.2) is 23.2 Å². The molecule has 1 aliphatic rings. The summed E-state index contributed by atoms with van der Waals surface area (Å²) < 4.78 is 0. The van der Waals surface area contributed by atoms with Crippen molar-refractivity contribution in [2.24, 2.45) is 10.9 Å². The Balaban J connectivity index is 1.93. The van der Waals surface area contributed by atoms with Gasteiger partial charge < -0.3 is 5.32 Å². The maximum absolute atomic E-state index is 5.98. The molecular weight excluding hydrogens is 287 g/mol. The Bertz CT molecular complexity index is 460. The van der Waals surface area contributed by atoms with Crippen molar-refractivity contribution in [3.8, 4) is 0 Å². The molecule has 0 bridgehead atoms. The number of thioether (sulfide) groups is 1. The lowest BCUT2D eigenvalue weighted by Gasteiger charge is -2.11. The number of nitrogens with one attached hydrogen (secondary N) is 1. The topological polar surface area (TPSA) is 24.4 Å². The standard InChI is InChI=1S/C13H16Cl2N2S/c1-8(2)5-10-7-16-13(18-10)17-9-3-4-11(14)12(15)6-9/h3-4,6,8,10H,5,7H2,1-2H3,(H,16,17). The van der Waals surface area contributed by atoms with Gasteiger partial charge in [-0.25, -0.2) is 0 Å². The molecule has 98 valence electrons. The average molecular weight is 303 g/mol. The predicted octanol–water partition coefficient (Wildman–Crippen LogP) is 4.92. The molecule has 2 rings (SSSR count). The SMILES string of the molecule is CC(C)CC1CN=C(Nc2ccc(Cl)c(Cl)c2)S1. The van der Waals surface area contributed by atoms with E-state index in [9.17, 15) is 0 Å². The van der Waals surface area contributed by atoms with E-state index >= 15 is 0 Å². The lowest BCUT2D eigenvalue weighted by molar-refractivity contribution is 0.575. The fourth-order valence-corrected chi connectivity index (χ4v) is 3.40. The van der Waals surface area contributed by atoms with Gasteiger partial charge in [-0.3, -0.25) is 4.99 Å². The summed E-state index contributed by atoms with van der Waals surface area (Å²) in [4.78, 5) is 4.51. The molecule has 1 unspecified atom stereocenters. The molecule has 18 heavy (non-hydrogen) atoms. The average Bonchev–Trinajstić information content (AvgIpc) is 2.70. The van der Waals surface area contributed by atoms with Crippen LogP contribution in [0.2, 0.25) is 10.0 Å². The summed E-state index contributed by atoms with van der Waals surface area (Å²) in [5.41, 5.74) is 0.931. The fraction of sp³-hybridized carbons (Fsp3) is 0.462. The van der Waals surface area contributed by atoms with E-state index in [0.29, 0.717) is 21.2 Å². The monoisotopic (exact) mass is 302 g/mol. The predicted molar refractivity (Wildman–Crippen MR) is 83.2 cm³/mol. The molecule has 1 aliphatic heterocycles. The van der Waals surface area contributed by atoms with E-state index in [-0.39, 0.29) is 0 Å². The van der Waals surface area contributed by atoms with Crippen molar-refractivity contribution in [1.29, 1.82) is 0 Å². The summed E-state index contributed by atoms with van der Waals surface area (Å²) in [6.45, 7) is 5.38. The molecule has 0 amide bonds. The second kappa shape index (κ2) is 6.18. The van der Waals surface area contributed by atoms with Crippen molar-refractivity contribution in [3.63, 3.8) is 0 Å². The van der Waals surface area contributed by atoms with Gasteiger partial charge in [-0.2, -0.15) is 0 Å². The van der Waals surface area contributed by atoms with Crippen LogP contribution in [0.1, 0.15) is 20.3 Å². The van der Waals surface area contributed by atoms with E-state index in [1.807, 2.05) is 12.1 Å². The quantitative estimate of drug-likeness (QED) is 0.857. The number of nitrogens with zero attached hydrogens (tertiary/aromatic N) is 1. The van der Waals surface area contributed by atoms with Gasteiger partial charge >= 0.3 is 0 Å². The third kappa shape index (κ3) is 3.81. The molecule has 1 N–H and O–H groups in total. The van der Waals surface area contributed by atoms with Crippen molar-refractivity contribution < 1.29 is 0 Å². The van der Waals surface area contributed by atoms with Crippen LogP contribution in [-0.2, 0) is 0 Å². The molecule has 5 heteroatoms. The van der Waals surface area contributed by atoms with Gasteiger partial charge in [-0.05, 0) is 30.5 Å². The van der Waals surface area contributed by atoms with Crippen LogP contribution in [0.4, 0.5) is 5.69 Å². The molecule has 1 aromatic carbocycles. The number of hydrogen-bond acceptors (Lipinski definition) is 3. The molecule has 0 aliphatic carbocycles. The molecule has 1 heterocycles. The van der Waals surface area contributed by atoms with Crippen LogP contribution in [0.5, 0.6) is 0 Å². The fourth-order valence-electron chi connectivity index (χ4n) is 1.83. The van der Waals surface area contributed by atoms with Crippen molar-refractivity contribution in [1.82, 2.24) is 0 Å². The lowest BCUT2D eigenvalue weighted by atomic mass is 10.1. The van der Waals surface area contributed by atoms with Crippen molar-refractivity contribution >= 4 is 45.8 Å². The Labute approximate surface area is 122 Å². The zero-order valence-electron chi connectivity index (χ0n) is 10.4. The van der Waals surface area contributed by atoms with Crippen molar-refractivity contribution in [2.75, 3.05) is 11.9 Å². The Kier molecular flexibility index (Phi) is 4.82. The maximum Gasteiger partial charge on any atom is 0.161 e. The highest BCUT2D eigenvalue weighted by Crippen LogP contribution is 2.29. The minimum Gasteiger partial charge on any atom is -0.335 e. The van der Waals surface area contributed by atoms with E-state index in [0.717, 1.165) is 17.4 Å². The van der Waals surface area contributed by atoms with Gasteiger partial charge in [0.05, 0.1) is 16.6 Å². The van der Waals surface area contributed by atoms with E-state index in [1.54, 1.807) is 17.8 Å². The zero-order valence-corrected chi connectivity index (χ0v) is 12.7. The number of hydrogen-bond donors (Lipinski definition) is 1. The van der Waals surface area contributed by atoms with Gasteiger partial charge in [0.1, 0.15) is 0 Å². The second-order valence-corrected chi connectivity index (χ2v) is 6.87. The molecule has 0 saturated carbocycles. The normalized spacial score (nSPS) is 19.2. The number of anilines is 1. The second-order valence-electron chi connectivity index (χ2n) is 4.77. The van der Waals surface area contributed by atoms with Gasteiger partial charge in [0.25, 0.3) is 0 Å². The Morgan fingerprint density at radius 2 is 2.17 bits per heavy atom. The lowest BCUT2D eigenvalue weighted by Crippen LogP contribution is -2.09. The third-order valence-corrected chi connectivity index (χ3v) is 4.49. The summed E-state index contributed by atoms with van der Waals surface area (Å²) in [6, 6.07) is 5.52. The Hall–Kier alpha value is -0.380. The molecule has 0 fully saturated rings. The largest absolute Gasteiger partial charge is 0.335 e. The summed E-state index contributed by atoms with van der Waals surface area (Å²) >= 11 is 13.7. The number of amidine groups is 1. The van der Waals surface area contributed by atoms with Crippen molar-refractivity contribution in [3.05, 3.63) is 28.2 Å². The number of halogens is 2.